The van der Waals surface area contributed by atoms with Crippen LogP contribution in [0.2, 0.25) is 0 Å². The summed E-state index contributed by atoms with van der Waals surface area (Å²) in [5, 5.41) is 0. The van der Waals surface area contributed by atoms with Crippen molar-refractivity contribution in [1.29, 1.82) is 0 Å². The Kier molecular flexibility index (Phi) is 9.77. The van der Waals surface area contributed by atoms with Crippen molar-refractivity contribution < 1.29 is 50.5 Å². The van der Waals surface area contributed by atoms with E-state index in [1.807, 2.05) is 0 Å². The second-order valence-corrected chi connectivity index (χ2v) is 13.1. The van der Waals surface area contributed by atoms with E-state index in [-0.39, 0.29) is 33.5 Å². The van der Waals surface area contributed by atoms with E-state index in [0.29, 0.717) is 0 Å². The van der Waals surface area contributed by atoms with Crippen molar-refractivity contribution in [1.82, 2.24) is 19.1 Å². The first-order valence-electron chi connectivity index (χ1n) is 11.9. The minimum atomic E-state index is -5.31. The molecule has 2 unspecified atom stereocenters. The molecule has 0 radical (unpaired) electrons. The average Bonchev–Trinajstić information content (AvgIpc) is 3.42. The fraction of sp³-hybridized carbons (Fsp3) is 0.600. The van der Waals surface area contributed by atoms with Gasteiger partial charge in [-0.2, -0.15) is 4.31 Å². The molecule has 4 rings (SSSR count). The predicted octanol–water partition coefficient (Wildman–Crippen LogP) is 2.94. The maximum Gasteiger partial charge on any atom is 0.481 e. The molecular formula is C20H26F2N4O11P2S2. The molecule has 0 spiro atoms. The number of nitrogens with one attached hydrogen (secondary N) is 2. The van der Waals surface area contributed by atoms with Gasteiger partial charge in [-0.15, -0.1) is 0 Å². The van der Waals surface area contributed by atoms with Gasteiger partial charge in [0, 0.05) is 36.4 Å². The normalized spacial score (nSPS) is 29.3. The first-order valence-corrected chi connectivity index (χ1v) is 15.7. The van der Waals surface area contributed by atoms with Crippen LogP contribution in [-0.4, -0.2) is 66.7 Å². The zero-order valence-corrected chi connectivity index (χ0v) is 24.8. The summed E-state index contributed by atoms with van der Waals surface area (Å²) in [4.78, 5) is 48.0. The Bertz CT molecular complexity index is 1510. The molecule has 2 aromatic heterocycles. The number of phosphoric ester groups is 2. The maximum atomic E-state index is 14.6. The summed E-state index contributed by atoms with van der Waals surface area (Å²) in [7, 11) is -10.6. The van der Waals surface area contributed by atoms with E-state index in [2.05, 4.69) is 23.3 Å². The Morgan fingerprint density at radius 1 is 0.878 bits per heavy atom. The first kappa shape index (κ1) is 32.2. The second kappa shape index (κ2) is 12.5. The van der Waals surface area contributed by atoms with Gasteiger partial charge in [-0.1, -0.05) is 0 Å². The lowest BCUT2D eigenvalue weighted by Crippen LogP contribution is -2.24. The molecule has 8 atom stereocenters. The highest BCUT2D eigenvalue weighted by molar-refractivity contribution is 7.71. The van der Waals surface area contributed by atoms with Gasteiger partial charge in [0.05, 0.1) is 13.2 Å². The van der Waals surface area contributed by atoms with Crippen molar-refractivity contribution in [3.05, 3.63) is 53.8 Å². The monoisotopic (exact) mass is 662 g/mol. The minimum Gasteiger partial charge on any atom is -0.349 e. The molecule has 0 saturated carbocycles. The fourth-order valence-corrected chi connectivity index (χ4v) is 6.75. The van der Waals surface area contributed by atoms with Crippen LogP contribution in [0.1, 0.15) is 36.4 Å². The minimum absolute atomic E-state index is 0.0287. The predicted molar refractivity (Wildman–Crippen MR) is 141 cm³/mol. The van der Waals surface area contributed by atoms with Crippen molar-refractivity contribution in [2.24, 2.45) is 0 Å². The lowest BCUT2D eigenvalue weighted by atomic mass is 10.2. The van der Waals surface area contributed by atoms with Gasteiger partial charge < -0.3 is 19.3 Å². The molecule has 0 aliphatic carbocycles. The van der Waals surface area contributed by atoms with E-state index >= 15 is 0 Å². The molecule has 4 heterocycles. The molecule has 2 aliphatic heterocycles. The van der Waals surface area contributed by atoms with E-state index in [9.17, 15) is 37.3 Å². The molecule has 228 valence electrons. The molecule has 2 aromatic rings. The molecule has 2 aliphatic rings. The molecule has 0 aromatic carbocycles. The standard InChI is InChI=1S/C20H26F2N4O11P2S2/c1-9-5-25(19(40)23-17(9)27)15-3-11(21)13(35-15)7-33-38(29,30)37-39(31,32)34-8-14-12(22)4-16(36-14)26-6-10(2)18(28)24-20(26)41/h5-6,11-16H,3-4,7-8H2,1-2H3,(H,29,30)(H,31,32)(H,23,27,40)(H,24,28,41)/t11-,12-,13+,14+,15+,16+/m0/s1. The number of rotatable bonds is 10. The number of alkyl halides is 2. The lowest BCUT2D eigenvalue weighted by molar-refractivity contribution is -0.0382. The van der Waals surface area contributed by atoms with Gasteiger partial charge >= 0.3 is 15.6 Å². The highest BCUT2D eigenvalue weighted by atomic mass is 32.1. The largest absolute Gasteiger partial charge is 0.481 e. The highest BCUT2D eigenvalue weighted by Crippen LogP contribution is 2.60. The quantitative estimate of drug-likeness (QED) is 0.214. The van der Waals surface area contributed by atoms with Crippen molar-refractivity contribution in [3.8, 4) is 0 Å². The number of hydrogen-bond donors (Lipinski definition) is 4. The van der Waals surface area contributed by atoms with Gasteiger partial charge in [0.2, 0.25) is 0 Å². The first-order chi connectivity index (χ1) is 19.0. The Balaban J connectivity index is 1.30. The van der Waals surface area contributed by atoms with Crippen LogP contribution in [0.25, 0.3) is 0 Å². The molecule has 0 bridgehead atoms. The van der Waals surface area contributed by atoms with Crippen LogP contribution in [0, 0.1) is 23.4 Å². The van der Waals surface area contributed by atoms with Crippen LogP contribution >= 0.6 is 40.1 Å². The van der Waals surface area contributed by atoms with Crippen LogP contribution in [0.15, 0.2) is 22.0 Å². The maximum absolute atomic E-state index is 14.6. The number of aromatic amines is 2. The van der Waals surface area contributed by atoms with Crippen LogP contribution in [0.5, 0.6) is 0 Å². The van der Waals surface area contributed by atoms with Gasteiger partial charge in [0.15, 0.2) is 9.54 Å². The van der Waals surface area contributed by atoms with Crippen LogP contribution in [-0.2, 0) is 32.0 Å². The van der Waals surface area contributed by atoms with Crippen LogP contribution in [0.3, 0.4) is 0 Å². The number of ether oxygens (including phenoxy) is 2. The summed E-state index contributed by atoms with van der Waals surface area (Å²) in [6, 6.07) is 0. The van der Waals surface area contributed by atoms with Crippen LogP contribution < -0.4 is 11.1 Å². The van der Waals surface area contributed by atoms with E-state index in [4.69, 9.17) is 33.9 Å². The summed E-state index contributed by atoms with van der Waals surface area (Å²) in [5.74, 6) is 0. The number of aromatic nitrogens is 4. The fourth-order valence-electron chi connectivity index (χ4n) is 4.13. The molecule has 2 fully saturated rings. The molecule has 41 heavy (non-hydrogen) atoms. The Morgan fingerprint density at radius 2 is 1.24 bits per heavy atom. The smallest absolute Gasteiger partial charge is 0.349 e. The zero-order chi connectivity index (χ0) is 30.3. The third-order valence-corrected chi connectivity index (χ3v) is 9.47. The Labute approximate surface area is 240 Å². The van der Waals surface area contributed by atoms with Gasteiger partial charge in [-0.05, 0) is 38.3 Å². The van der Waals surface area contributed by atoms with Crippen molar-refractivity contribution in [3.63, 3.8) is 0 Å². The van der Waals surface area contributed by atoms with E-state index in [1.54, 1.807) is 0 Å². The number of aryl methyl sites for hydroxylation is 2. The summed E-state index contributed by atoms with van der Waals surface area (Å²) < 4.78 is 80.8. The molecule has 2 saturated heterocycles. The summed E-state index contributed by atoms with van der Waals surface area (Å²) >= 11 is 10.1. The molecule has 15 nitrogen and oxygen atoms in total. The molecule has 21 heteroatoms. The molecule has 0 amide bonds. The lowest BCUT2D eigenvalue weighted by Gasteiger charge is -2.21. The Hall–Kier alpha value is -1.76. The van der Waals surface area contributed by atoms with Crippen molar-refractivity contribution in [2.45, 2.75) is 63.7 Å². The SMILES string of the molecule is Cc1cn([C@H]2C[C@H](F)[C@@H](COP(=O)(O)OP(=O)(O)OC[C@H]3O[C@@H](n4cc(C)c(=O)[nH]c4=S)C[C@@H]3F)O2)c(=S)[nH]c1=O. The third-order valence-electron chi connectivity index (χ3n) is 6.25. The van der Waals surface area contributed by atoms with Crippen LogP contribution in [0.4, 0.5) is 8.78 Å². The molecular weight excluding hydrogens is 636 g/mol. The second-order valence-electron chi connectivity index (χ2n) is 9.33. The van der Waals surface area contributed by atoms with E-state index in [1.165, 1.54) is 35.4 Å². The molecule has 4 N–H and O–H groups in total. The van der Waals surface area contributed by atoms with Crippen molar-refractivity contribution in [2.75, 3.05) is 13.2 Å². The van der Waals surface area contributed by atoms with E-state index < -0.39 is 77.0 Å². The number of halogens is 2. The number of H-pyrrole nitrogens is 2. The summed E-state index contributed by atoms with van der Waals surface area (Å²) in [5.41, 5.74) is -0.274. The summed E-state index contributed by atoms with van der Waals surface area (Å²) in [6.07, 6.45) is -5.83. The third kappa shape index (κ3) is 7.80. The number of phosphoric acid groups is 2. The van der Waals surface area contributed by atoms with Gasteiger partial charge in [0.1, 0.15) is 37.0 Å². The van der Waals surface area contributed by atoms with Gasteiger partial charge in [-0.3, -0.25) is 37.7 Å². The zero-order valence-electron chi connectivity index (χ0n) is 21.4. The summed E-state index contributed by atoms with van der Waals surface area (Å²) in [6.45, 7) is 1.30. The van der Waals surface area contributed by atoms with E-state index in [0.717, 1.165) is 0 Å². The van der Waals surface area contributed by atoms with Gasteiger partial charge in [0.25, 0.3) is 11.1 Å². The number of hydrogen-bond acceptors (Lipinski definition) is 11. The average molecular weight is 663 g/mol. The highest BCUT2D eigenvalue weighted by Gasteiger charge is 2.43. The Morgan fingerprint density at radius 3 is 1.61 bits per heavy atom. The number of nitrogens with zero attached hydrogens (tertiary/aromatic N) is 2. The topological polar surface area (TPSA) is 196 Å². The van der Waals surface area contributed by atoms with Crippen molar-refractivity contribution >= 4 is 40.1 Å². The van der Waals surface area contributed by atoms with Gasteiger partial charge in [-0.25, -0.2) is 17.9 Å².